The Balaban J connectivity index is 1.96. The van der Waals surface area contributed by atoms with Gasteiger partial charge in [0.1, 0.15) is 6.04 Å². The second kappa shape index (κ2) is 11.0. The number of ether oxygens (including phenoxy) is 2. The number of hydrogen-bond acceptors (Lipinski definition) is 6. The van der Waals surface area contributed by atoms with E-state index in [-0.39, 0.29) is 25.2 Å². The number of ketones is 1. The van der Waals surface area contributed by atoms with Gasteiger partial charge in [0.15, 0.2) is 12.0 Å². The molecule has 2 atom stereocenters. The van der Waals surface area contributed by atoms with E-state index in [1.165, 1.54) is 0 Å². The van der Waals surface area contributed by atoms with Crippen LogP contribution in [0.15, 0.2) is 60.7 Å². The van der Waals surface area contributed by atoms with E-state index in [4.69, 9.17) is 9.47 Å². The Morgan fingerprint density at radius 2 is 1.57 bits per heavy atom. The molecular formula is C22H25NO5. The van der Waals surface area contributed by atoms with Gasteiger partial charge in [-0.2, -0.15) is 0 Å². The second-order valence-corrected chi connectivity index (χ2v) is 6.26. The summed E-state index contributed by atoms with van der Waals surface area (Å²) in [5, 5.41) is 2.88. The van der Waals surface area contributed by atoms with Gasteiger partial charge in [0.05, 0.1) is 13.0 Å². The van der Waals surface area contributed by atoms with E-state index >= 15 is 0 Å². The summed E-state index contributed by atoms with van der Waals surface area (Å²) in [6.07, 6.45) is -0.724. The van der Waals surface area contributed by atoms with Crippen molar-refractivity contribution in [2.75, 3.05) is 6.61 Å². The van der Waals surface area contributed by atoms with Gasteiger partial charge >= 0.3 is 11.9 Å². The zero-order valence-corrected chi connectivity index (χ0v) is 16.1. The third-order valence-corrected chi connectivity index (χ3v) is 3.99. The first kappa shape index (κ1) is 21.3. The molecule has 0 bridgehead atoms. The topological polar surface area (TPSA) is 81.7 Å². The molecule has 0 saturated carbocycles. The first-order valence-corrected chi connectivity index (χ1v) is 9.24. The molecule has 0 unspecified atom stereocenters. The first-order valence-electron chi connectivity index (χ1n) is 9.24. The Labute approximate surface area is 164 Å². The van der Waals surface area contributed by atoms with E-state index in [9.17, 15) is 14.4 Å². The van der Waals surface area contributed by atoms with Crippen molar-refractivity contribution in [3.05, 3.63) is 71.8 Å². The minimum Gasteiger partial charge on any atom is -0.465 e. The van der Waals surface area contributed by atoms with E-state index in [1.807, 2.05) is 36.4 Å². The predicted molar refractivity (Wildman–Crippen MR) is 105 cm³/mol. The van der Waals surface area contributed by atoms with E-state index in [0.29, 0.717) is 5.56 Å². The minimum atomic E-state index is -0.910. The highest BCUT2D eigenvalue weighted by atomic mass is 16.6. The van der Waals surface area contributed by atoms with Crippen molar-refractivity contribution in [2.45, 2.75) is 39.0 Å². The third-order valence-electron chi connectivity index (χ3n) is 3.99. The van der Waals surface area contributed by atoms with Crippen molar-refractivity contribution in [3.63, 3.8) is 0 Å². The number of esters is 2. The fraction of sp³-hybridized carbons (Fsp3) is 0.318. The van der Waals surface area contributed by atoms with Gasteiger partial charge in [-0.05, 0) is 19.4 Å². The van der Waals surface area contributed by atoms with Crippen LogP contribution in [-0.4, -0.2) is 36.6 Å². The van der Waals surface area contributed by atoms with Crippen molar-refractivity contribution in [3.8, 4) is 0 Å². The van der Waals surface area contributed by atoms with Crippen LogP contribution in [-0.2, 0) is 25.5 Å². The molecule has 148 valence electrons. The van der Waals surface area contributed by atoms with Crippen molar-refractivity contribution in [1.29, 1.82) is 0 Å². The predicted octanol–water partition coefficient (Wildman–Crippen LogP) is 2.91. The maximum atomic E-state index is 12.5. The number of hydrogen-bond donors (Lipinski definition) is 1. The molecule has 0 aliphatic rings. The van der Waals surface area contributed by atoms with E-state index in [2.05, 4.69) is 5.32 Å². The lowest BCUT2D eigenvalue weighted by Crippen LogP contribution is -2.46. The first-order chi connectivity index (χ1) is 13.5. The van der Waals surface area contributed by atoms with E-state index < -0.39 is 24.2 Å². The van der Waals surface area contributed by atoms with Crippen molar-refractivity contribution in [1.82, 2.24) is 5.32 Å². The largest absolute Gasteiger partial charge is 0.465 e. The maximum Gasteiger partial charge on any atom is 0.323 e. The summed E-state index contributed by atoms with van der Waals surface area (Å²) in [5.41, 5.74) is 1.34. The molecule has 0 amide bonds. The molecule has 0 aliphatic heterocycles. The van der Waals surface area contributed by atoms with Crippen LogP contribution in [0.5, 0.6) is 0 Å². The molecule has 0 radical (unpaired) electrons. The smallest absolute Gasteiger partial charge is 0.323 e. The molecule has 0 fully saturated rings. The molecule has 2 rings (SSSR count). The molecule has 2 aromatic rings. The fourth-order valence-electron chi connectivity index (χ4n) is 2.70. The SMILES string of the molecule is CCOC(=O)[C@H](CC(=O)c1ccccc1)N[C@@H](C)OC(=O)Cc1ccccc1. The minimum absolute atomic E-state index is 0.0938. The zero-order chi connectivity index (χ0) is 20.4. The highest BCUT2D eigenvalue weighted by Crippen LogP contribution is 2.09. The van der Waals surface area contributed by atoms with Crippen LogP contribution in [0.2, 0.25) is 0 Å². The number of rotatable bonds is 10. The quantitative estimate of drug-likeness (QED) is 0.386. The molecule has 6 nitrogen and oxygen atoms in total. The van der Waals surface area contributed by atoms with Crippen LogP contribution in [0.4, 0.5) is 0 Å². The highest BCUT2D eigenvalue weighted by Gasteiger charge is 2.26. The molecule has 6 heteroatoms. The summed E-state index contributed by atoms with van der Waals surface area (Å²) >= 11 is 0. The summed E-state index contributed by atoms with van der Waals surface area (Å²) in [7, 11) is 0. The standard InChI is InChI=1S/C22H25NO5/c1-3-27-22(26)19(15-20(24)18-12-8-5-9-13-18)23-16(2)28-21(25)14-17-10-6-4-7-11-17/h4-13,16,19,23H,3,14-15H2,1-2H3/t16-,19+/m1/s1. The van der Waals surface area contributed by atoms with Gasteiger partial charge in [-0.3, -0.25) is 19.7 Å². The number of carbonyl (C=O) groups is 3. The summed E-state index contributed by atoms with van der Waals surface area (Å²) in [4.78, 5) is 36.8. The van der Waals surface area contributed by atoms with Gasteiger partial charge in [0, 0.05) is 12.0 Å². The molecule has 1 N–H and O–H groups in total. The summed E-state index contributed by atoms with van der Waals surface area (Å²) in [6, 6.07) is 17.0. The maximum absolute atomic E-state index is 12.5. The van der Waals surface area contributed by atoms with Crippen LogP contribution in [0.3, 0.4) is 0 Å². The molecular weight excluding hydrogens is 358 g/mol. The van der Waals surface area contributed by atoms with Gasteiger partial charge < -0.3 is 9.47 Å². The molecule has 0 aliphatic carbocycles. The lowest BCUT2D eigenvalue weighted by atomic mass is 10.0. The normalized spacial score (nSPS) is 12.6. The molecule has 0 spiro atoms. The van der Waals surface area contributed by atoms with Crippen molar-refractivity contribution >= 4 is 17.7 Å². The fourth-order valence-corrected chi connectivity index (χ4v) is 2.70. The van der Waals surface area contributed by atoms with Gasteiger partial charge in [-0.15, -0.1) is 0 Å². The highest BCUT2D eigenvalue weighted by molar-refractivity contribution is 5.98. The van der Waals surface area contributed by atoms with Gasteiger partial charge in [0.25, 0.3) is 0 Å². The average molecular weight is 383 g/mol. The van der Waals surface area contributed by atoms with Crippen LogP contribution >= 0.6 is 0 Å². The average Bonchev–Trinajstić information content (AvgIpc) is 2.68. The Kier molecular flexibility index (Phi) is 8.37. The van der Waals surface area contributed by atoms with Gasteiger partial charge in [-0.25, -0.2) is 0 Å². The Morgan fingerprint density at radius 1 is 0.964 bits per heavy atom. The van der Waals surface area contributed by atoms with Crippen molar-refractivity contribution in [2.24, 2.45) is 0 Å². The monoisotopic (exact) mass is 383 g/mol. The molecule has 0 heterocycles. The van der Waals surface area contributed by atoms with E-state index in [1.54, 1.807) is 38.1 Å². The summed E-state index contributed by atoms with van der Waals surface area (Å²) in [6.45, 7) is 3.50. The molecule has 0 saturated heterocycles. The molecule has 0 aromatic heterocycles. The number of carbonyl (C=O) groups excluding carboxylic acids is 3. The van der Waals surface area contributed by atoms with Crippen LogP contribution in [0.1, 0.15) is 36.2 Å². The van der Waals surface area contributed by atoms with Crippen LogP contribution in [0, 0.1) is 0 Å². The van der Waals surface area contributed by atoms with Gasteiger partial charge in [0.2, 0.25) is 0 Å². The zero-order valence-electron chi connectivity index (χ0n) is 16.1. The summed E-state index contributed by atoms with van der Waals surface area (Å²) in [5.74, 6) is -1.19. The lowest BCUT2D eigenvalue weighted by Gasteiger charge is -2.21. The molecule has 28 heavy (non-hydrogen) atoms. The Morgan fingerprint density at radius 3 is 2.18 bits per heavy atom. The van der Waals surface area contributed by atoms with Crippen molar-refractivity contribution < 1.29 is 23.9 Å². The Bertz CT molecular complexity index is 776. The number of Topliss-reactive ketones (excluding diaryl/α,β-unsaturated/α-hetero) is 1. The third kappa shape index (κ3) is 6.96. The van der Waals surface area contributed by atoms with Gasteiger partial charge in [-0.1, -0.05) is 60.7 Å². The Hall–Kier alpha value is -2.99. The van der Waals surface area contributed by atoms with E-state index in [0.717, 1.165) is 5.56 Å². The lowest BCUT2D eigenvalue weighted by molar-refractivity contribution is -0.154. The molecule has 2 aromatic carbocycles. The second-order valence-electron chi connectivity index (χ2n) is 6.26. The van der Waals surface area contributed by atoms with Crippen LogP contribution in [0.25, 0.3) is 0 Å². The van der Waals surface area contributed by atoms with Crippen LogP contribution < -0.4 is 5.32 Å². The number of nitrogens with one attached hydrogen (secondary N) is 1. The number of benzene rings is 2. The summed E-state index contributed by atoms with van der Waals surface area (Å²) < 4.78 is 10.4.